The first kappa shape index (κ1) is 32.8. The molecule has 1 unspecified atom stereocenters. The third-order valence-corrected chi connectivity index (χ3v) is 10.1. The Morgan fingerprint density at radius 2 is 1.72 bits per heavy atom. The van der Waals surface area contributed by atoms with Crippen molar-refractivity contribution in [3.8, 4) is 0 Å². The van der Waals surface area contributed by atoms with E-state index in [1.54, 1.807) is 36.0 Å². The van der Waals surface area contributed by atoms with Gasteiger partial charge in [-0.3, -0.25) is 9.59 Å². The SMILES string of the molecule is Cc1nnc(SC[C@@H]2O[C@H](c3ccc(N4C(=O)CC(NC(=O)OCc5ccccc5)C4=O)cc3)O[C@H](c3ccc(CO)cc3)[C@@H]2C)s1. The Balaban J connectivity index is 1.14. The highest BCUT2D eigenvalue weighted by Crippen LogP contribution is 2.43. The van der Waals surface area contributed by atoms with E-state index in [-0.39, 0.29) is 37.8 Å². The molecule has 0 saturated carbocycles. The number of carbonyl (C=O) groups is 3. The molecule has 0 aliphatic carbocycles. The largest absolute Gasteiger partial charge is 0.445 e. The molecule has 5 atom stereocenters. The minimum Gasteiger partial charge on any atom is -0.445 e. The number of aliphatic hydroxyl groups excluding tert-OH is 1. The van der Waals surface area contributed by atoms with Gasteiger partial charge in [-0.1, -0.05) is 96.8 Å². The summed E-state index contributed by atoms with van der Waals surface area (Å²) in [7, 11) is 0. The van der Waals surface area contributed by atoms with E-state index in [9.17, 15) is 19.5 Å². The van der Waals surface area contributed by atoms with Crippen molar-refractivity contribution in [2.24, 2.45) is 5.92 Å². The molecule has 2 fully saturated rings. The topological polar surface area (TPSA) is 140 Å². The fourth-order valence-electron chi connectivity index (χ4n) is 5.50. The lowest BCUT2D eigenvalue weighted by Gasteiger charge is -2.41. The fourth-order valence-corrected chi connectivity index (χ4v) is 7.51. The number of thioether (sulfide) groups is 1. The predicted molar refractivity (Wildman–Crippen MR) is 175 cm³/mol. The Bertz CT molecular complexity index is 1700. The molecular formula is C34H34N4O7S2. The van der Waals surface area contributed by atoms with Crippen molar-refractivity contribution in [3.05, 3.63) is 106 Å². The molecule has 2 N–H and O–H groups in total. The number of anilines is 1. The molecule has 11 nitrogen and oxygen atoms in total. The summed E-state index contributed by atoms with van der Waals surface area (Å²) in [5.41, 5.74) is 3.69. The Morgan fingerprint density at radius 1 is 1.00 bits per heavy atom. The molecule has 0 spiro atoms. The number of alkyl carbamates (subject to hydrolysis) is 1. The van der Waals surface area contributed by atoms with E-state index in [0.717, 1.165) is 36.5 Å². The van der Waals surface area contributed by atoms with Gasteiger partial charge >= 0.3 is 6.09 Å². The summed E-state index contributed by atoms with van der Waals surface area (Å²) in [5.74, 6) is -0.326. The lowest BCUT2D eigenvalue weighted by molar-refractivity contribution is -0.268. The lowest BCUT2D eigenvalue weighted by atomic mass is 9.91. The van der Waals surface area contributed by atoms with Crippen LogP contribution in [0.2, 0.25) is 0 Å². The van der Waals surface area contributed by atoms with Crippen LogP contribution in [-0.4, -0.2) is 51.1 Å². The number of rotatable bonds is 10. The van der Waals surface area contributed by atoms with E-state index < -0.39 is 30.2 Å². The maximum atomic E-state index is 13.2. The first-order valence-electron chi connectivity index (χ1n) is 15.2. The van der Waals surface area contributed by atoms with Gasteiger partial charge < -0.3 is 24.6 Å². The number of aliphatic hydroxyl groups is 1. The summed E-state index contributed by atoms with van der Waals surface area (Å²) < 4.78 is 19.1. The molecule has 2 aliphatic rings. The van der Waals surface area contributed by atoms with Gasteiger partial charge in [-0.2, -0.15) is 0 Å². The molecule has 47 heavy (non-hydrogen) atoms. The zero-order chi connectivity index (χ0) is 32.9. The summed E-state index contributed by atoms with van der Waals surface area (Å²) in [4.78, 5) is 39.5. The number of ether oxygens (including phenoxy) is 3. The number of hydrogen-bond acceptors (Lipinski definition) is 11. The quantitative estimate of drug-likeness (QED) is 0.164. The molecule has 0 radical (unpaired) electrons. The third kappa shape index (κ3) is 7.71. The molecule has 0 bridgehead atoms. The van der Waals surface area contributed by atoms with Crippen LogP contribution >= 0.6 is 23.1 Å². The number of nitrogens with zero attached hydrogens (tertiary/aromatic N) is 3. The van der Waals surface area contributed by atoms with Gasteiger partial charge in [0.1, 0.15) is 17.7 Å². The van der Waals surface area contributed by atoms with Crippen molar-refractivity contribution in [1.82, 2.24) is 15.5 Å². The zero-order valence-corrected chi connectivity index (χ0v) is 27.4. The molecule has 3 heterocycles. The van der Waals surface area contributed by atoms with Gasteiger partial charge in [0.2, 0.25) is 5.91 Å². The molecule has 244 valence electrons. The molecule has 4 aromatic rings. The van der Waals surface area contributed by atoms with E-state index in [1.807, 2.05) is 61.5 Å². The number of imide groups is 1. The van der Waals surface area contributed by atoms with Gasteiger partial charge in [-0.15, -0.1) is 10.2 Å². The fraction of sp³-hybridized carbons (Fsp3) is 0.324. The van der Waals surface area contributed by atoms with Crippen LogP contribution in [0, 0.1) is 12.8 Å². The van der Waals surface area contributed by atoms with Crippen LogP contribution in [0.25, 0.3) is 0 Å². The lowest BCUT2D eigenvalue weighted by Crippen LogP contribution is -2.42. The van der Waals surface area contributed by atoms with Gasteiger partial charge in [0, 0.05) is 17.2 Å². The summed E-state index contributed by atoms with van der Waals surface area (Å²) in [6.07, 6.45) is -2.15. The molecule has 2 saturated heterocycles. The molecule has 3 amide bonds. The van der Waals surface area contributed by atoms with Crippen LogP contribution in [0.1, 0.15) is 53.0 Å². The van der Waals surface area contributed by atoms with E-state index in [1.165, 1.54) is 11.3 Å². The van der Waals surface area contributed by atoms with Crippen LogP contribution < -0.4 is 10.2 Å². The van der Waals surface area contributed by atoms with Gasteiger partial charge in [0.15, 0.2) is 10.6 Å². The molecular weight excluding hydrogens is 641 g/mol. The highest BCUT2D eigenvalue weighted by molar-refractivity contribution is 8.01. The van der Waals surface area contributed by atoms with Gasteiger partial charge in [0.05, 0.1) is 30.9 Å². The monoisotopic (exact) mass is 674 g/mol. The van der Waals surface area contributed by atoms with Crippen molar-refractivity contribution in [1.29, 1.82) is 0 Å². The summed E-state index contributed by atoms with van der Waals surface area (Å²) >= 11 is 3.12. The van der Waals surface area contributed by atoms with Crippen molar-refractivity contribution < 1.29 is 33.7 Å². The van der Waals surface area contributed by atoms with Crippen LogP contribution in [0.15, 0.2) is 83.2 Å². The van der Waals surface area contributed by atoms with E-state index in [2.05, 4.69) is 22.4 Å². The number of nitrogens with one attached hydrogen (secondary N) is 1. The summed E-state index contributed by atoms with van der Waals surface area (Å²) in [6.45, 7) is 4.01. The van der Waals surface area contributed by atoms with Crippen LogP contribution in [0.4, 0.5) is 10.5 Å². The maximum absolute atomic E-state index is 13.2. The first-order chi connectivity index (χ1) is 22.8. The number of amides is 3. The Kier molecular flexibility index (Phi) is 10.3. The molecule has 6 rings (SSSR count). The number of aromatic nitrogens is 2. The molecule has 3 aromatic carbocycles. The van der Waals surface area contributed by atoms with E-state index in [4.69, 9.17) is 14.2 Å². The van der Waals surface area contributed by atoms with Gasteiger partial charge in [0.25, 0.3) is 5.91 Å². The number of carbonyl (C=O) groups excluding carboxylic acids is 3. The minimum atomic E-state index is -1.02. The highest BCUT2D eigenvalue weighted by atomic mass is 32.2. The zero-order valence-electron chi connectivity index (χ0n) is 25.8. The van der Waals surface area contributed by atoms with Crippen LogP contribution in [0.5, 0.6) is 0 Å². The maximum Gasteiger partial charge on any atom is 0.408 e. The Morgan fingerprint density at radius 3 is 2.40 bits per heavy atom. The van der Waals surface area contributed by atoms with Crippen molar-refractivity contribution in [3.63, 3.8) is 0 Å². The third-order valence-electron chi connectivity index (χ3n) is 8.08. The van der Waals surface area contributed by atoms with E-state index in [0.29, 0.717) is 11.4 Å². The average Bonchev–Trinajstić information content (AvgIpc) is 3.64. The molecule has 1 aromatic heterocycles. The first-order valence-corrected chi connectivity index (χ1v) is 17.0. The Hall–Kier alpha value is -4.14. The summed E-state index contributed by atoms with van der Waals surface area (Å²) in [5, 5.41) is 21.3. The smallest absolute Gasteiger partial charge is 0.408 e. The van der Waals surface area contributed by atoms with Gasteiger partial charge in [-0.05, 0) is 35.7 Å². The second kappa shape index (κ2) is 14.7. The summed E-state index contributed by atoms with van der Waals surface area (Å²) in [6, 6.07) is 22.7. The van der Waals surface area contributed by atoms with Crippen molar-refractivity contribution >= 4 is 46.7 Å². The normalized spacial score (nSPS) is 22.8. The average molecular weight is 675 g/mol. The second-order valence-corrected chi connectivity index (χ2v) is 13.8. The van der Waals surface area contributed by atoms with Crippen LogP contribution in [0.3, 0.4) is 0 Å². The minimum absolute atomic E-state index is 0.00400. The second-order valence-electron chi connectivity index (χ2n) is 11.3. The standard InChI is InChI=1S/C34H34N4O7S2/c1-20-28(19-46-34-37-36-21(2)47-34)44-32(45-30(20)24-10-8-22(17-39)9-11-24)25-12-14-26(15-13-25)38-29(40)16-27(31(38)41)35-33(42)43-18-23-6-4-3-5-7-23/h3-15,20,27-28,30,32,39H,16-19H2,1-2H3,(H,35,42)/t20-,27?,28+,30+,32+/m1/s1. The Labute approximate surface area is 280 Å². The highest BCUT2D eigenvalue weighted by Gasteiger charge is 2.42. The molecule has 2 aliphatic heterocycles. The van der Waals surface area contributed by atoms with E-state index >= 15 is 0 Å². The number of aryl methyl sites for hydroxylation is 1. The number of hydrogen-bond donors (Lipinski definition) is 2. The van der Waals surface area contributed by atoms with Crippen molar-refractivity contribution in [2.75, 3.05) is 10.7 Å². The molecule has 13 heteroatoms. The van der Waals surface area contributed by atoms with Crippen molar-refractivity contribution in [2.45, 2.75) is 62.4 Å². The van der Waals surface area contributed by atoms with Crippen LogP contribution in [-0.2, 0) is 37.0 Å². The number of benzene rings is 3. The predicted octanol–water partition coefficient (Wildman–Crippen LogP) is 5.48. The van der Waals surface area contributed by atoms with Gasteiger partial charge in [-0.25, -0.2) is 9.69 Å².